The monoisotopic (exact) mass is 533 g/mol. The molecule has 1 aromatic rings. The Morgan fingerprint density at radius 3 is 2.32 bits per heavy atom. The summed E-state index contributed by atoms with van der Waals surface area (Å²) in [6, 6.07) is 3.69. The number of ketones is 1. The average Bonchev–Trinajstić information content (AvgIpc) is 3.55. The Balaban J connectivity index is 0.000000195. The van der Waals surface area contributed by atoms with Crippen molar-refractivity contribution in [2.75, 3.05) is 13.1 Å². The number of aliphatic carboxylic acids is 3. The highest BCUT2D eigenvalue weighted by molar-refractivity contribution is 5.90. The highest BCUT2D eigenvalue weighted by Crippen LogP contribution is 2.64. The number of benzene rings is 1. The number of carbonyl (C=O) groups excluding carboxylic acids is 1. The minimum atomic E-state index is -2.74. The molecule has 6 N–H and O–H groups in total. The van der Waals surface area contributed by atoms with Crippen molar-refractivity contribution >= 4 is 23.7 Å². The molecule has 206 valence electrons. The predicted molar refractivity (Wildman–Crippen MR) is 127 cm³/mol. The van der Waals surface area contributed by atoms with Gasteiger partial charge in [-0.2, -0.15) is 0 Å². The number of hydrogen-bond donors (Lipinski definition) is 6. The molecule has 38 heavy (non-hydrogen) atoms. The van der Waals surface area contributed by atoms with Gasteiger partial charge in [0.25, 0.3) is 0 Å². The molecule has 1 spiro atoms. The van der Waals surface area contributed by atoms with Crippen LogP contribution in [0, 0.1) is 5.92 Å². The van der Waals surface area contributed by atoms with Crippen LogP contribution in [-0.2, 0) is 31.0 Å². The van der Waals surface area contributed by atoms with E-state index in [1.165, 1.54) is 12.8 Å². The number of rotatable bonds is 7. The summed E-state index contributed by atoms with van der Waals surface area (Å²) < 4.78 is 6.04. The lowest BCUT2D eigenvalue weighted by molar-refractivity contribution is -0.188. The largest absolute Gasteiger partial charge is 0.504 e. The van der Waals surface area contributed by atoms with Gasteiger partial charge in [-0.25, -0.2) is 4.79 Å². The Bertz CT molecular complexity index is 1190. The smallest absolute Gasteiger partial charge is 0.336 e. The normalized spacial score (nSPS) is 30.9. The second kappa shape index (κ2) is 8.92. The van der Waals surface area contributed by atoms with Gasteiger partial charge in [0, 0.05) is 24.6 Å². The first-order chi connectivity index (χ1) is 17.8. The topological polar surface area (TPSA) is 202 Å². The molecule has 0 aromatic heterocycles. The number of piperidine rings is 1. The van der Waals surface area contributed by atoms with E-state index in [9.17, 15) is 29.4 Å². The molecule has 0 radical (unpaired) electrons. The third-order valence-electron chi connectivity index (χ3n) is 8.84. The summed E-state index contributed by atoms with van der Waals surface area (Å²) in [5.74, 6) is -3.63. The maximum atomic E-state index is 12.7. The molecule has 1 saturated heterocycles. The standard InChI is InChI=1S/C20H23NO4.C6H8O7/c22-13-4-3-12-9-15-20(24)6-5-14(23)18-19(20,16(12)17(13)25-18)7-8-21(15)10-11-1-2-11;7-3(8)1-6(13,5(11)12)2-4(9)10/h3-4,11,15,18,22,24H,1-2,5-10H2;13H,1-2H2,(H,7,8)(H,9,10)(H,11,12)/t15-,18+,19+,20-;/m1./s1. The lowest BCUT2D eigenvalue weighted by atomic mass is 9.49. The Kier molecular flexibility index (Phi) is 6.20. The molecule has 5 aliphatic rings. The zero-order chi connectivity index (χ0) is 27.6. The molecule has 2 saturated carbocycles. The number of aliphatic hydroxyl groups is 2. The van der Waals surface area contributed by atoms with Crippen molar-refractivity contribution < 1.29 is 54.6 Å². The fourth-order valence-corrected chi connectivity index (χ4v) is 6.98. The minimum Gasteiger partial charge on any atom is -0.504 e. The predicted octanol–water partition coefficient (Wildman–Crippen LogP) is 0.277. The Morgan fingerprint density at radius 1 is 1.08 bits per heavy atom. The van der Waals surface area contributed by atoms with Gasteiger partial charge in [-0.1, -0.05) is 6.07 Å². The number of carbonyl (C=O) groups is 4. The zero-order valence-corrected chi connectivity index (χ0v) is 20.6. The number of hydrogen-bond acceptors (Lipinski definition) is 9. The number of Topliss-reactive ketones (excluding diaryl/α,β-unsaturated/α-hetero) is 1. The molecule has 1 aromatic carbocycles. The van der Waals surface area contributed by atoms with Crippen LogP contribution < -0.4 is 4.74 Å². The van der Waals surface area contributed by atoms with E-state index < -0.39 is 53.5 Å². The van der Waals surface area contributed by atoms with Crippen molar-refractivity contribution in [2.24, 2.45) is 5.92 Å². The number of ether oxygens (including phenoxy) is 1. The summed E-state index contributed by atoms with van der Waals surface area (Å²) in [5.41, 5.74) is -2.28. The van der Waals surface area contributed by atoms with Crippen molar-refractivity contribution in [2.45, 2.75) is 80.1 Å². The molecule has 4 atom stereocenters. The van der Waals surface area contributed by atoms with Crippen LogP contribution in [0.3, 0.4) is 0 Å². The number of phenolic OH excluding ortho intramolecular Hbond substituents is 1. The fraction of sp³-hybridized carbons (Fsp3) is 0.615. The molecule has 6 rings (SSSR count). The van der Waals surface area contributed by atoms with E-state index in [0.717, 1.165) is 43.0 Å². The first-order valence-corrected chi connectivity index (χ1v) is 12.7. The summed E-state index contributed by atoms with van der Waals surface area (Å²) >= 11 is 0. The van der Waals surface area contributed by atoms with Crippen molar-refractivity contribution in [1.82, 2.24) is 4.90 Å². The maximum Gasteiger partial charge on any atom is 0.336 e. The van der Waals surface area contributed by atoms with Crippen LogP contribution in [0.2, 0.25) is 0 Å². The Labute approximate surface area is 217 Å². The van der Waals surface area contributed by atoms with Gasteiger partial charge >= 0.3 is 17.9 Å². The van der Waals surface area contributed by atoms with Gasteiger partial charge in [-0.05, 0) is 56.2 Å². The SMILES string of the molecule is O=C(O)CC(O)(CC(=O)O)C(=O)O.O=C1CC[C@@]2(O)[C@H]3Cc4ccc(O)c5c4[C@@]2(CCN3CC2CC2)[C@H]1O5. The Morgan fingerprint density at radius 2 is 1.74 bits per heavy atom. The van der Waals surface area contributed by atoms with Crippen molar-refractivity contribution in [3.8, 4) is 11.5 Å². The molecule has 12 nitrogen and oxygen atoms in total. The summed E-state index contributed by atoms with van der Waals surface area (Å²) in [4.78, 5) is 45.7. The van der Waals surface area contributed by atoms with E-state index in [1.807, 2.05) is 6.07 Å². The zero-order valence-electron chi connectivity index (χ0n) is 20.6. The number of likely N-dealkylation sites (tertiary alicyclic amines) is 1. The molecule has 3 aliphatic carbocycles. The minimum absolute atomic E-state index is 0.0454. The van der Waals surface area contributed by atoms with Gasteiger partial charge in [-0.3, -0.25) is 19.3 Å². The highest BCUT2D eigenvalue weighted by atomic mass is 16.5. The number of aromatic hydroxyl groups is 1. The van der Waals surface area contributed by atoms with Crippen LogP contribution >= 0.6 is 0 Å². The summed E-state index contributed by atoms with van der Waals surface area (Å²) in [5, 5.41) is 56.1. The van der Waals surface area contributed by atoms with Crippen LogP contribution in [-0.4, -0.2) is 95.7 Å². The van der Waals surface area contributed by atoms with Crippen molar-refractivity contribution in [3.05, 3.63) is 23.3 Å². The van der Waals surface area contributed by atoms with Crippen LogP contribution in [0.4, 0.5) is 0 Å². The van der Waals surface area contributed by atoms with E-state index in [1.54, 1.807) is 6.07 Å². The van der Waals surface area contributed by atoms with Crippen molar-refractivity contribution in [3.63, 3.8) is 0 Å². The average molecular weight is 534 g/mol. The molecule has 3 fully saturated rings. The number of carboxylic acids is 3. The van der Waals surface area contributed by atoms with E-state index in [0.29, 0.717) is 18.6 Å². The lowest BCUT2D eigenvalue weighted by Gasteiger charge is -2.62. The van der Waals surface area contributed by atoms with Crippen LogP contribution in [0.15, 0.2) is 12.1 Å². The second-order valence-corrected chi connectivity index (χ2v) is 11.2. The first-order valence-electron chi connectivity index (χ1n) is 12.7. The molecule has 2 bridgehead atoms. The van der Waals surface area contributed by atoms with Crippen LogP contribution in [0.25, 0.3) is 0 Å². The fourth-order valence-electron chi connectivity index (χ4n) is 6.98. The molecule has 12 heteroatoms. The third-order valence-corrected chi connectivity index (χ3v) is 8.84. The van der Waals surface area contributed by atoms with E-state index >= 15 is 0 Å². The van der Waals surface area contributed by atoms with E-state index in [2.05, 4.69) is 4.90 Å². The number of nitrogens with zero attached hydrogens (tertiary/aromatic N) is 1. The van der Waals surface area contributed by atoms with Crippen molar-refractivity contribution in [1.29, 1.82) is 0 Å². The quantitative estimate of drug-likeness (QED) is 0.280. The van der Waals surface area contributed by atoms with Crippen LogP contribution in [0.1, 0.15) is 56.1 Å². The highest BCUT2D eigenvalue weighted by Gasteiger charge is 2.73. The lowest BCUT2D eigenvalue weighted by Crippen LogP contribution is -2.76. The van der Waals surface area contributed by atoms with Crippen LogP contribution in [0.5, 0.6) is 11.5 Å². The van der Waals surface area contributed by atoms with E-state index in [-0.39, 0.29) is 17.6 Å². The Hall–Kier alpha value is -3.22. The van der Waals surface area contributed by atoms with Gasteiger partial charge in [0.15, 0.2) is 29.0 Å². The van der Waals surface area contributed by atoms with Gasteiger partial charge in [0.1, 0.15) is 0 Å². The number of carboxylic acid groups (broad SMARTS) is 3. The molecule has 2 aliphatic heterocycles. The van der Waals surface area contributed by atoms with E-state index in [4.69, 9.17) is 25.2 Å². The summed E-state index contributed by atoms with van der Waals surface area (Å²) in [6.45, 7) is 1.95. The molecule has 0 unspecified atom stereocenters. The van der Waals surface area contributed by atoms with Gasteiger partial charge in [-0.15, -0.1) is 0 Å². The van der Waals surface area contributed by atoms with Gasteiger partial charge in [0.2, 0.25) is 0 Å². The molecular weight excluding hydrogens is 502 g/mol. The summed E-state index contributed by atoms with van der Waals surface area (Å²) in [7, 11) is 0. The molecule has 2 heterocycles. The van der Waals surface area contributed by atoms with Gasteiger partial charge in [0.05, 0.1) is 23.9 Å². The van der Waals surface area contributed by atoms with Gasteiger partial charge < -0.3 is 35.4 Å². The maximum absolute atomic E-state index is 12.7. The second-order valence-electron chi connectivity index (χ2n) is 11.2. The molecular formula is C26H31NO11. The number of phenols is 1. The summed E-state index contributed by atoms with van der Waals surface area (Å²) in [6.07, 6.45) is 2.04. The first kappa shape index (κ1) is 26.4. The molecule has 0 amide bonds. The third kappa shape index (κ3) is 3.93.